The fourth-order valence-corrected chi connectivity index (χ4v) is 4.61. The standard InChI is InChI=1S/C21H16F3N3O3S2/c1-12-8-14(30-27-12)10-31-17-5-3-2-4-15(17)19(28)26-20-25-16-7-6-13(9-18(16)32-20)29-11-21(22,23)24/h2-9H,10-11H2,1H3,(H,25,26,28). The zero-order chi connectivity index (χ0) is 22.7. The zero-order valence-corrected chi connectivity index (χ0v) is 18.2. The Hall–Kier alpha value is -3.05. The SMILES string of the molecule is Cc1cc(CSc2ccccc2C(=O)Nc2nc3ccc(OCC(F)(F)F)cc3s2)on1. The highest BCUT2D eigenvalue weighted by Gasteiger charge is 2.28. The molecule has 2 heterocycles. The number of benzene rings is 2. The van der Waals surface area contributed by atoms with E-state index in [2.05, 4.69) is 15.5 Å². The molecule has 0 aliphatic heterocycles. The van der Waals surface area contributed by atoms with E-state index in [0.717, 1.165) is 21.9 Å². The Morgan fingerprint density at radius 1 is 1.22 bits per heavy atom. The monoisotopic (exact) mass is 479 g/mol. The minimum Gasteiger partial charge on any atom is -0.484 e. The molecule has 6 nitrogen and oxygen atoms in total. The van der Waals surface area contributed by atoms with Crippen LogP contribution in [0.3, 0.4) is 0 Å². The second-order valence-corrected chi connectivity index (χ2v) is 8.77. The van der Waals surface area contributed by atoms with Crippen molar-refractivity contribution < 1.29 is 27.2 Å². The lowest BCUT2D eigenvalue weighted by molar-refractivity contribution is -0.153. The van der Waals surface area contributed by atoms with Gasteiger partial charge in [0.2, 0.25) is 0 Å². The maximum absolute atomic E-state index is 12.9. The fourth-order valence-electron chi connectivity index (χ4n) is 2.79. The van der Waals surface area contributed by atoms with Gasteiger partial charge in [-0.15, -0.1) is 11.8 Å². The number of aryl methyl sites for hydroxylation is 1. The second kappa shape index (κ2) is 9.21. The fraction of sp³-hybridized carbons (Fsp3) is 0.190. The molecule has 1 amide bonds. The van der Waals surface area contributed by atoms with E-state index in [1.807, 2.05) is 25.1 Å². The van der Waals surface area contributed by atoms with Crippen molar-refractivity contribution in [1.82, 2.24) is 10.1 Å². The third-order valence-corrected chi connectivity index (χ3v) is 6.19. The van der Waals surface area contributed by atoms with Crippen molar-refractivity contribution >= 4 is 44.4 Å². The van der Waals surface area contributed by atoms with Gasteiger partial charge in [-0.1, -0.05) is 28.6 Å². The number of nitrogens with zero attached hydrogens (tertiary/aromatic N) is 2. The minimum atomic E-state index is -4.42. The van der Waals surface area contributed by atoms with E-state index in [1.54, 1.807) is 18.2 Å². The Balaban J connectivity index is 1.46. The predicted molar refractivity (Wildman–Crippen MR) is 116 cm³/mol. The Kier molecular flexibility index (Phi) is 6.38. The van der Waals surface area contributed by atoms with E-state index in [4.69, 9.17) is 9.26 Å². The summed E-state index contributed by atoms with van der Waals surface area (Å²) >= 11 is 2.60. The molecular formula is C21H16F3N3O3S2. The van der Waals surface area contributed by atoms with Crippen LogP contribution in [-0.2, 0) is 5.75 Å². The highest BCUT2D eigenvalue weighted by atomic mass is 32.2. The first-order chi connectivity index (χ1) is 15.3. The zero-order valence-electron chi connectivity index (χ0n) is 16.6. The van der Waals surface area contributed by atoms with Crippen molar-refractivity contribution in [1.29, 1.82) is 0 Å². The number of thioether (sulfide) groups is 1. The number of carbonyl (C=O) groups is 1. The average Bonchev–Trinajstić information content (AvgIpc) is 3.35. The van der Waals surface area contributed by atoms with Crippen LogP contribution in [0.1, 0.15) is 21.8 Å². The van der Waals surface area contributed by atoms with Crippen LogP contribution in [0.4, 0.5) is 18.3 Å². The molecule has 0 bridgehead atoms. The molecule has 0 fully saturated rings. The number of nitrogens with one attached hydrogen (secondary N) is 1. The van der Waals surface area contributed by atoms with Crippen LogP contribution in [0.5, 0.6) is 5.75 Å². The highest BCUT2D eigenvalue weighted by Crippen LogP contribution is 2.31. The molecule has 2 aromatic carbocycles. The first kappa shape index (κ1) is 22.2. The number of hydrogen-bond donors (Lipinski definition) is 1. The van der Waals surface area contributed by atoms with Gasteiger partial charge in [0.15, 0.2) is 11.7 Å². The smallest absolute Gasteiger partial charge is 0.422 e. The van der Waals surface area contributed by atoms with Gasteiger partial charge in [0.05, 0.1) is 27.2 Å². The number of ether oxygens (including phenoxy) is 1. The molecule has 0 saturated heterocycles. The third-order valence-electron chi connectivity index (χ3n) is 4.16. The second-order valence-electron chi connectivity index (χ2n) is 6.73. The molecule has 4 aromatic rings. The molecule has 0 unspecified atom stereocenters. The predicted octanol–water partition coefficient (Wildman–Crippen LogP) is 6.08. The van der Waals surface area contributed by atoms with Gasteiger partial charge in [-0.25, -0.2) is 4.98 Å². The lowest BCUT2D eigenvalue weighted by Crippen LogP contribution is -2.19. The van der Waals surface area contributed by atoms with Gasteiger partial charge in [-0.05, 0) is 37.3 Å². The average molecular weight is 480 g/mol. The Labute approximate surface area is 188 Å². The third kappa shape index (κ3) is 5.60. The highest BCUT2D eigenvalue weighted by molar-refractivity contribution is 7.98. The lowest BCUT2D eigenvalue weighted by atomic mass is 10.2. The quantitative estimate of drug-likeness (QED) is 0.324. The largest absolute Gasteiger partial charge is 0.484 e. The summed E-state index contributed by atoms with van der Waals surface area (Å²) in [5, 5.41) is 6.95. The van der Waals surface area contributed by atoms with Gasteiger partial charge >= 0.3 is 6.18 Å². The first-order valence-corrected chi connectivity index (χ1v) is 11.1. The van der Waals surface area contributed by atoms with E-state index >= 15 is 0 Å². The van der Waals surface area contributed by atoms with Crippen LogP contribution in [0, 0.1) is 6.92 Å². The van der Waals surface area contributed by atoms with Crippen molar-refractivity contribution in [2.45, 2.75) is 23.7 Å². The number of thiazole rings is 1. The molecule has 0 atom stereocenters. The van der Waals surface area contributed by atoms with Gasteiger partial charge in [-0.2, -0.15) is 13.2 Å². The van der Waals surface area contributed by atoms with Crippen LogP contribution < -0.4 is 10.1 Å². The summed E-state index contributed by atoms with van der Waals surface area (Å²) < 4.78 is 47.6. The summed E-state index contributed by atoms with van der Waals surface area (Å²) in [4.78, 5) is 18.0. The first-order valence-electron chi connectivity index (χ1n) is 9.32. The van der Waals surface area contributed by atoms with Crippen LogP contribution >= 0.6 is 23.1 Å². The van der Waals surface area contributed by atoms with Gasteiger partial charge in [0.25, 0.3) is 5.91 Å². The number of fused-ring (bicyclic) bond motifs is 1. The van der Waals surface area contributed by atoms with Gasteiger partial charge in [0, 0.05) is 11.0 Å². The number of alkyl halides is 3. The van der Waals surface area contributed by atoms with E-state index in [9.17, 15) is 18.0 Å². The number of halogens is 3. The molecule has 2 aromatic heterocycles. The molecular weight excluding hydrogens is 463 g/mol. The summed E-state index contributed by atoms with van der Waals surface area (Å²) in [6.45, 7) is 0.464. The summed E-state index contributed by atoms with van der Waals surface area (Å²) in [5.74, 6) is 0.972. The Morgan fingerprint density at radius 2 is 2.03 bits per heavy atom. The van der Waals surface area contributed by atoms with Crippen molar-refractivity contribution in [2.75, 3.05) is 11.9 Å². The molecule has 0 aliphatic rings. The minimum absolute atomic E-state index is 0.0840. The summed E-state index contributed by atoms with van der Waals surface area (Å²) in [6.07, 6.45) is -4.42. The lowest BCUT2D eigenvalue weighted by Gasteiger charge is -2.08. The topological polar surface area (TPSA) is 77.2 Å². The number of carbonyl (C=O) groups excluding carboxylic acids is 1. The molecule has 0 saturated carbocycles. The van der Waals surface area contributed by atoms with E-state index < -0.39 is 12.8 Å². The van der Waals surface area contributed by atoms with Crippen LogP contribution in [0.2, 0.25) is 0 Å². The Morgan fingerprint density at radius 3 is 2.78 bits per heavy atom. The molecule has 11 heteroatoms. The maximum atomic E-state index is 12.9. The van der Waals surface area contributed by atoms with Gasteiger partial charge in [0.1, 0.15) is 11.5 Å². The molecule has 32 heavy (non-hydrogen) atoms. The molecule has 0 radical (unpaired) electrons. The van der Waals surface area contributed by atoms with E-state index in [1.165, 1.54) is 23.9 Å². The van der Waals surface area contributed by atoms with Crippen molar-refractivity contribution in [3.05, 3.63) is 65.5 Å². The maximum Gasteiger partial charge on any atom is 0.422 e. The molecule has 0 spiro atoms. The molecule has 0 aliphatic carbocycles. The number of hydrogen-bond acceptors (Lipinski definition) is 7. The summed E-state index contributed by atoms with van der Waals surface area (Å²) in [7, 11) is 0. The molecule has 1 N–H and O–H groups in total. The number of anilines is 1. The summed E-state index contributed by atoms with van der Waals surface area (Å²) in [5.41, 5.74) is 1.81. The van der Waals surface area contributed by atoms with Gasteiger partial charge in [-0.3, -0.25) is 10.1 Å². The molecule has 166 valence electrons. The summed E-state index contributed by atoms with van der Waals surface area (Å²) in [6, 6.07) is 13.4. The van der Waals surface area contributed by atoms with Crippen LogP contribution in [0.15, 0.2) is 57.9 Å². The normalized spacial score (nSPS) is 11.6. The number of rotatable bonds is 7. The van der Waals surface area contributed by atoms with Crippen LogP contribution in [-0.4, -0.2) is 28.8 Å². The Bertz CT molecular complexity index is 1250. The molecule has 4 rings (SSSR count). The number of amides is 1. The van der Waals surface area contributed by atoms with Crippen LogP contribution in [0.25, 0.3) is 10.2 Å². The number of aromatic nitrogens is 2. The van der Waals surface area contributed by atoms with Crippen molar-refractivity contribution in [3.8, 4) is 5.75 Å². The van der Waals surface area contributed by atoms with Gasteiger partial charge < -0.3 is 9.26 Å². The van der Waals surface area contributed by atoms with E-state index in [-0.39, 0.29) is 11.7 Å². The van der Waals surface area contributed by atoms with Crippen molar-refractivity contribution in [2.24, 2.45) is 0 Å². The van der Waals surface area contributed by atoms with E-state index in [0.29, 0.717) is 32.4 Å². The van der Waals surface area contributed by atoms with Crippen molar-refractivity contribution in [3.63, 3.8) is 0 Å².